The number of esters is 1. The lowest BCUT2D eigenvalue weighted by molar-refractivity contribution is -0.139. The number of benzene rings is 1. The molecule has 5 nitrogen and oxygen atoms in total. The van der Waals surface area contributed by atoms with Crippen molar-refractivity contribution in [1.29, 1.82) is 0 Å². The number of nitrogens with zero attached hydrogens (tertiary/aromatic N) is 1. The minimum absolute atomic E-state index is 0.185. The van der Waals surface area contributed by atoms with Crippen LogP contribution >= 0.6 is 0 Å². The van der Waals surface area contributed by atoms with Gasteiger partial charge >= 0.3 is 5.97 Å². The molecule has 2 rings (SSSR count). The Labute approximate surface area is 185 Å². The van der Waals surface area contributed by atoms with Gasteiger partial charge in [-0.05, 0) is 62.1 Å². The van der Waals surface area contributed by atoms with Crippen LogP contribution < -0.4 is 0 Å². The number of ether oxygens (including phenoxy) is 1. The molecule has 0 N–H and O–H groups in total. The fourth-order valence-electron chi connectivity index (χ4n) is 3.62. The summed E-state index contributed by atoms with van der Waals surface area (Å²) >= 11 is 0. The van der Waals surface area contributed by atoms with Crippen molar-refractivity contribution in [1.82, 2.24) is 4.90 Å². The van der Waals surface area contributed by atoms with E-state index in [1.807, 2.05) is 13.0 Å². The monoisotopic (exact) mass is 423 g/mol. The van der Waals surface area contributed by atoms with Gasteiger partial charge in [-0.2, -0.15) is 0 Å². The number of allylic oxidation sites excluding steroid dienone is 4. The molecular weight excluding hydrogens is 390 g/mol. The van der Waals surface area contributed by atoms with Crippen molar-refractivity contribution in [2.75, 3.05) is 13.2 Å². The van der Waals surface area contributed by atoms with E-state index in [0.29, 0.717) is 37.9 Å². The molecule has 0 heterocycles. The molecule has 0 aliphatic heterocycles. The van der Waals surface area contributed by atoms with Crippen molar-refractivity contribution in [3.63, 3.8) is 0 Å². The van der Waals surface area contributed by atoms with Crippen LogP contribution in [0.3, 0.4) is 0 Å². The number of carbonyl (C=O) groups excluding carboxylic acids is 3. The van der Waals surface area contributed by atoms with Crippen LogP contribution in [-0.2, 0) is 25.5 Å². The van der Waals surface area contributed by atoms with Crippen LogP contribution in [-0.4, -0.2) is 36.3 Å². The second kappa shape index (κ2) is 12.7. The normalized spacial score (nSPS) is 14.5. The Balaban J connectivity index is 2.20. The van der Waals surface area contributed by atoms with Gasteiger partial charge in [-0.1, -0.05) is 55.5 Å². The number of imide groups is 1. The van der Waals surface area contributed by atoms with E-state index < -0.39 is 0 Å². The minimum Gasteiger partial charge on any atom is -0.463 e. The van der Waals surface area contributed by atoms with Crippen molar-refractivity contribution in [3.8, 4) is 0 Å². The molecule has 0 fully saturated rings. The Hall–Kier alpha value is -2.95. The Morgan fingerprint density at radius 2 is 1.90 bits per heavy atom. The van der Waals surface area contributed by atoms with Crippen LogP contribution in [0.5, 0.6) is 0 Å². The molecule has 1 unspecified atom stereocenters. The lowest BCUT2D eigenvalue weighted by Crippen LogP contribution is -2.34. The molecule has 5 heteroatoms. The van der Waals surface area contributed by atoms with Gasteiger partial charge in [0.1, 0.15) is 0 Å². The summed E-state index contributed by atoms with van der Waals surface area (Å²) in [6.07, 6.45) is 12.7. The van der Waals surface area contributed by atoms with Crippen LogP contribution in [0, 0.1) is 5.92 Å². The highest BCUT2D eigenvalue weighted by Gasteiger charge is 2.19. The first kappa shape index (κ1) is 24.3. The molecule has 0 aromatic heterocycles. The lowest BCUT2D eigenvalue weighted by Gasteiger charge is -2.22. The maximum atomic E-state index is 12.3. The fourth-order valence-corrected chi connectivity index (χ4v) is 3.62. The highest BCUT2D eigenvalue weighted by molar-refractivity contribution is 5.88. The summed E-state index contributed by atoms with van der Waals surface area (Å²) in [6, 6.07) is 8.32. The van der Waals surface area contributed by atoms with E-state index in [0.717, 1.165) is 18.4 Å². The Kier molecular flexibility index (Phi) is 9.95. The quantitative estimate of drug-likeness (QED) is 0.289. The molecule has 0 spiro atoms. The third-order valence-electron chi connectivity index (χ3n) is 5.21. The molecule has 1 aromatic rings. The summed E-state index contributed by atoms with van der Waals surface area (Å²) in [5.41, 5.74) is 3.96. The average molecular weight is 424 g/mol. The van der Waals surface area contributed by atoms with Gasteiger partial charge in [0.2, 0.25) is 12.3 Å². The Morgan fingerprint density at radius 3 is 2.48 bits per heavy atom. The van der Waals surface area contributed by atoms with Crippen LogP contribution in [0.15, 0.2) is 54.1 Å². The molecule has 0 bridgehead atoms. The second-order valence-electron chi connectivity index (χ2n) is 7.77. The highest BCUT2D eigenvalue weighted by Crippen LogP contribution is 2.23. The highest BCUT2D eigenvalue weighted by atomic mass is 16.5. The molecule has 166 valence electrons. The van der Waals surface area contributed by atoms with Gasteiger partial charge in [0.25, 0.3) is 0 Å². The Bertz CT molecular complexity index is 849. The van der Waals surface area contributed by atoms with Gasteiger partial charge in [0.05, 0.1) is 6.61 Å². The Morgan fingerprint density at radius 1 is 1.16 bits per heavy atom. The molecule has 1 atom stereocenters. The molecule has 31 heavy (non-hydrogen) atoms. The van der Waals surface area contributed by atoms with Gasteiger partial charge in [-0.25, -0.2) is 4.79 Å². The zero-order valence-corrected chi connectivity index (χ0v) is 18.8. The largest absolute Gasteiger partial charge is 0.463 e. The molecule has 0 saturated carbocycles. The van der Waals surface area contributed by atoms with E-state index in [4.69, 9.17) is 4.74 Å². The SMILES string of the molecule is CCCC(=O)N(C=O)CC(/C=C(\C)C(=O)OCC)Cc1ccc(C2=CCCC=C2)cc1. The molecular formula is C26H33NO4. The van der Waals surface area contributed by atoms with Gasteiger partial charge in [-0.15, -0.1) is 0 Å². The van der Waals surface area contributed by atoms with E-state index >= 15 is 0 Å². The van der Waals surface area contributed by atoms with Crippen molar-refractivity contribution in [2.45, 2.75) is 52.9 Å². The predicted octanol–water partition coefficient (Wildman–Crippen LogP) is 4.87. The molecule has 1 aliphatic carbocycles. The molecule has 0 radical (unpaired) electrons. The van der Waals surface area contributed by atoms with E-state index in [2.05, 4.69) is 42.5 Å². The standard InChI is InChI=1S/C26H33NO4/c1-4-9-25(29)27(19-28)18-22(16-20(3)26(30)31-5-2)17-21-12-14-24(15-13-21)23-10-7-6-8-11-23/h7,10-16,19,22H,4-6,8-9,17-18H2,1-3H3/b20-16+. The lowest BCUT2D eigenvalue weighted by atomic mass is 9.93. The first-order chi connectivity index (χ1) is 15.0. The van der Waals surface area contributed by atoms with Crippen molar-refractivity contribution < 1.29 is 19.1 Å². The molecule has 1 aromatic carbocycles. The van der Waals surface area contributed by atoms with Crippen molar-refractivity contribution >= 4 is 23.9 Å². The topological polar surface area (TPSA) is 63.7 Å². The average Bonchev–Trinajstić information content (AvgIpc) is 2.78. The van der Waals surface area contributed by atoms with Crippen LogP contribution in [0.25, 0.3) is 5.57 Å². The summed E-state index contributed by atoms with van der Waals surface area (Å²) in [7, 11) is 0. The summed E-state index contributed by atoms with van der Waals surface area (Å²) in [4.78, 5) is 37.1. The second-order valence-corrected chi connectivity index (χ2v) is 7.77. The first-order valence-corrected chi connectivity index (χ1v) is 11.0. The zero-order chi connectivity index (χ0) is 22.6. The number of carbonyl (C=O) groups is 3. The summed E-state index contributed by atoms with van der Waals surface area (Å²) in [5, 5.41) is 0. The molecule has 0 saturated heterocycles. The predicted molar refractivity (Wildman–Crippen MR) is 123 cm³/mol. The number of hydrogen-bond acceptors (Lipinski definition) is 4. The number of amides is 2. The third kappa shape index (κ3) is 7.67. The van der Waals surface area contributed by atoms with Gasteiger partial charge < -0.3 is 4.74 Å². The van der Waals surface area contributed by atoms with Gasteiger partial charge in [-0.3, -0.25) is 14.5 Å². The van der Waals surface area contributed by atoms with Crippen molar-refractivity contribution in [3.05, 3.63) is 65.3 Å². The van der Waals surface area contributed by atoms with Crippen molar-refractivity contribution in [2.24, 2.45) is 5.92 Å². The van der Waals surface area contributed by atoms with E-state index in [-0.39, 0.29) is 24.3 Å². The van der Waals surface area contributed by atoms with Crippen LogP contribution in [0.4, 0.5) is 0 Å². The number of rotatable bonds is 11. The van der Waals surface area contributed by atoms with Gasteiger partial charge in [0.15, 0.2) is 0 Å². The van der Waals surface area contributed by atoms with Gasteiger partial charge in [0, 0.05) is 18.5 Å². The maximum Gasteiger partial charge on any atom is 0.333 e. The fraction of sp³-hybridized carbons (Fsp3) is 0.423. The number of hydrogen-bond donors (Lipinski definition) is 0. The summed E-state index contributed by atoms with van der Waals surface area (Å²) in [6.45, 7) is 5.90. The minimum atomic E-state index is -0.378. The van der Waals surface area contributed by atoms with E-state index in [9.17, 15) is 14.4 Å². The smallest absolute Gasteiger partial charge is 0.333 e. The molecule has 1 aliphatic rings. The maximum absolute atomic E-state index is 12.3. The summed E-state index contributed by atoms with van der Waals surface area (Å²) in [5.74, 6) is -0.762. The summed E-state index contributed by atoms with van der Waals surface area (Å²) < 4.78 is 5.09. The molecule has 2 amide bonds. The first-order valence-electron chi connectivity index (χ1n) is 11.0. The van der Waals surface area contributed by atoms with E-state index in [1.165, 1.54) is 16.0 Å². The van der Waals surface area contributed by atoms with Crippen LogP contribution in [0.2, 0.25) is 0 Å². The third-order valence-corrected chi connectivity index (χ3v) is 5.21. The van der Waals surface area contributed by atoms with Crippen LogP contribution in [0.1, 0.15) is 57.6 Å². The van der Waals surface area contributed by atoms with E-state index in [1.54, 1.807) is 13.8 Å². The zero-order valence-electron chi connectivity index (χ0n) is 18.8.